The van der Waals surface area contributed by atoms with Crippen molar-refractivity contribution >= 4 is 27.6 Å². The molecule has 1 N–H and O–H groups in total. The largest absolute Gasteiger partial charge is 0.451 e. The van der Waals surface area contributed by atoms with Crippen LogP contribution in [-0.2, 0) is 16.5 Å². The Morgan fingerprint density at radius 1 is 1.03 bits per heavy atom. The first kappa shape index (κ1) is 24.0. The Morgan fingerprint density at radius 3 is 2.26 bits per heavy atom. The van der Waals surface area contributed by atoms with Crippen molar-refractivity contribution in [3.63, 3.8) is 0 Å². The van der Waals surface area contributed by atoms with E-state index in [9.17, 15) is 26.1 Å². The number of nitrogens with zero attached hydrogens (tertiary/aromatic N) is 3. The number of alkyl halides is 3. The molecule has 0 atom stereocenters. The van der Waals surface area contributed by atoms with E-state index in [-0.39, 0.29) is 27.9 Å². The summed E-state index contributed by atoms with van der Waals surface area (Å²) in [5.41, 5.74) is 0.379. The second kappa shape index (κ2) is 8.24. The minimum Gasteiger partial charge on any atom is -0.451 e. The van der Waals surface area contributed by atoms with Crippen molar-refractivity contribution in [3.8, 4) is 34.2 Å². The molecule has 8 nitrogen and oxygen atoms in total. The number of halogens is 4. The standard InChI is InChI=1S/C21H15ClF3N3O5S/c1-28(2,34(29,30)31)13-9-7-12(8-10-13)19-26-20(33-27-19)15-11-17(32-18(15)21(23,24)25)14-5-3-4-6-16(14)22/h3-11H,1-2H3/p+1. The Kier molecular flexibility index (Phi) is 5.80. The second-order valence-electron chi connectivity index (χ2n) is 7.60. The van der Waals surface area contributed by atoms with E-state index in [2.05, 4.69) is 10.1 Å². The van der Waals surface area contributed by atoms with Crippen molar-refractivity contribution in [3.05, 3.63) is 65.4 Å². The fourth-order valence-electron chi connectivity index (χ4n) is 3.11. The van der Waals surface area contributed by atoms with Gasteiger partial charge in [0.1, 0.15) is 11.4 Å². The molecule has 2 aromatic heterocycles. The maximum Gasteiger partial charge on any atom is 0.450 e. The van der Waals surface area contributed by atoms with Crippen molar-refractivity contribution in [2.24, 2.45) is 0 Å². The van der Waals surface area contributed by atoms with Crippen LogP contribution in [-0.4, -0.2) is 37.2 Å². The molecule has 2 heterocycles. The summed E-state index contributed by atoms with van der Waals surface area (Å²) < 4.78 is 82.9. The molecular weight excluding hydrogens is 499 g/mol. The predicted octanol–water partition coefficient (Wildman–Crippen LogP) is 5.71. The Balaban J connectivity index is 1.73. The summed E-state index contributed by atoms with van der Waals surface area (Å²) in [6.45, 7) is 0. The van der Waals surface area contributed by atoms with Crippen LogP contribution < -0.4 is 3.89 Å². The lowest BCUT2D eigenvalue weighted by Gasteiger charge is -2.23. The Labute approximate surface area is 196 Å². The summed E-state index contributed by atoms with van der Waals surface area (Å²) in [5, 5.41) is 3.94. The topological polar surface area (TPSA) is 106 Å². The Hall–Kier alpha value is -3.19. The lowest BCUT2D eigenvalue weighted by Crippen LogP contribution is -2.45. The number of furan rings is 1. The van der Waals surface area contributed by atoms with Crippen molar-refractivity contribution < 1.29 is 35.1 Å². The highest BCUT2D eigenvalue weighted by molar-refractivity contribution is 7.85. The van der Waals surface area contributed by atoms with Gasteiger partial charge < -0.3 is 8.94 Å². The summed E-state index contributed by atoms with van der Waals surface area (Å²) in [7, 11) is -1.91. The molecule has 0 fully saturated rings. The highest BCUT2D eigenvalue weighted by atomic mass is 35.5. The summed E-state index contributed by atoms with van der Waals surface area (Å²) in [6.07, 6.45) is -4.84. The fourth-order valence-corrected chi connectivity index (χ4v) is 3.72. The Morgan fingerprint density at radius 2 is 1.68 bits per heavy atom. The SMILES string of the molecule is C[N+](C)(c1ccc(-c2noc(-c3cc(-c4ccccc4Cl)oc3C(F)(F)F)n2)cc1)S(=O)(=O)O. The molecule has 178 valence electrons. The van der Waals surface area contributed by atoms with Crippen LogP contribution in [0.3, 0.4) is 0 Å². The van der Waals surface area contributed by atoms with Crippen molar-refractivity contribution in [2.75, 3.05) is 14.1 Å². The van der Waals surface area contributed by atoms with E-state index in [1.807, 2.05) is 0 Å². The summed E-state index contributed by atoms with van der Waals surface area (Å²) >= 11 is 6.09. The molecule has 0 aliphatic carbocycles. The van der Waals surface area contributed by atoms with Gasteiger partial charge in [-0.15, -0.1) is 8.42 Å². The van der Waals surface area contributed by atoms with E-state index < -0.39 is 37.6 Å². The molecule has 13 heteroatoms. The summed E-state index contributed by atoms with van der Waals surface area (Å²) in [4.78, 5) is 4.05. The van der Waals surface area contributed by atoms with Gasteiger partial charge in [0.2, 0.25) is 11.6 Å². The van der Waals surface area contributed by atoms with Crippen molar-refractivity contribution in [1.29, 1.82) is 0 Å². The monoisotopic (exact) mass is 514 g/mol. The molecule has 4 rings (SSSR count). The first-order valence-electron chi connectivity index (χ1n) is 9.51. The van der Waals surface area contributed by atoms with E-state index in [0.717, 1.165) is 6.07 Å². The van der Waals surface area contributed by atoms with E-state index in [1.54, 1.807) is 12.1 Å². The van der Waals surface area contributed by atoms with Crippen LogP contribution in [0, 0.1) is 0 Å². The van der Waals surface area contributed by atoms with Crippen LogP contribution in [0.4, 0.5) is 18.9 Å². The average molecular weight is 515 g/mol. The molecule has 0 spiro atoms. The second-order valence-corrected chi connectivity index (χ2v) is 9.82. The number of hydrogen-bond acceptors (Lipinski definition) is 6. The van der Waals surface area contributed by atoms with Gasteiger partial charge in [0.05, 0.1) is 24.7 Å². The normalized spacial score (nSPS) is 12.8. The third-order valence-electron chi connectivity index (χ3n) is 5.11. The minimum atomic E-state index is -4.84. The van der Waals surface area contributed by atoms with E-state index in [4.69, 9.17) is 20.5 Å². The van der Waals surface area contributed by atoms with Gasteiger partial charge in [0, 0.05) is 23.3 Å². The van der Waals surface area contributed by atoms with E-state index in [0.29, 0.717) is 5.56 Å². The summed E-state index contributed by atoms with van der Waals surface area (Å²) in [5.74, 6) is -1.91. The van der Waals surface area contributed by atoms with Crippen LogP contribution in [0.2, 0.25) is 5.02 Å². The van der Waals surface area contributed by atoms with Gasteiger partial charge in [-0.25, -0.2) is 4.55 Å². The average Bonchev–Trinajstić information content (AvgIpc) is 3.41. The first-order chi connectivity index (χ1) is 15.8. The van der Waals surface area contributed by atoms with Gasteiger partial charge in [-0.3, -0.25) is 0 Å². The third kappa shape index (κ3) is 4.32. The van der Waals surface area contributed by atoms with E-state index in [1.165, 1.54) is 50.5 Å². The van der Waals surface area contributed by atoms with Gasteiger partial charge in [0.15, 0.2) is 0 Å². The molecule has 0 radical (unpaired) electrons. The van der Waals surface area contributed by atoms with Crippen LogP contribution in [0.5, 0.6) is 0 Å². The van der Waals surface area contributed by atoms with Gasteiger partial charge >= 0.3 is 16.5 Å². The molecule has 0 saturated heterocycles. The zero-order valence-corrected chi connectivity index (χ0v) is 19.1. The number of hydrogen-bond donors (Lipinski definition) is 1. The maximum atomic E-state index is 13.7. The quantitative estimate of drug-likeness (QED) is 0.269. The van der Waals surface area contributed by atoms with Crippen LogP contribution in [0.15, 0.2) is 63.5 Å². The summed E-state index contributed by atoms with van der Waals surface area (Å²) in [6, 6.07) is 13.1. The fraction of sp³-hybridized carbons (Fsp3) is 0.143. The maximum absolute atomic E-state index is 13.7. The van der Waals surface area contributed by atoms with Crippen LogP contribution >= 0.6 is 11.6 Å². The molecule has 2 aromatic carbocycles. The molecule has 0 saturated carbocycles. The van der Waals surface area contributed by atoms with Gasteiger partial charge in [-0.1, -0.05) is 28.9 Å². The lowest BCUT2D eigenvalue weighted by molar-refractivity contribution is -0.152. The smallest absolute Gasteiger partial charge is 0.450 e. The number of benzene rings is 2. The molecule has 0 bridgehead atoms. The third-order valence-corrected chi connectivity index (χ3v) is 6.80. The van der Waals surface area contributed by atoms with Gasteiger partial charge in [0.25, 0.3) is 5.89 Å². The van der Waals surface area contributed by atoms with Crippen molar-refractivity contribution in [2.45, 2.75) is 6.18 Å². The van der Waals surface area contributed by atoms with Crippen LogP contribution in [0.1, 0.15) is 5.76 Å². The van der Waals surface area contributed by atoms with Gasteiger partial charge in [-0.2, -0.15) is 22.0 Å². The molecule has 34 heavy (non-hydrogen) atoms. The number of quaternary nitrogens is 1. The zero-order valence-electron chi connectivity index (χ0n) is 17.5. The predicted molar refractivity (Wildman–Crippen MR) is 118 cm³/mol. The van der Waals surface area contributed by atoms with Crippen molar-refractivity contribution in [1.82, 2.24) is 14.0 Å². The molecule has 0 amide bonds. The zero-order chi connectivity index (χ0) is 24.9. The molecule has 0 aliphatic rings. The molecule has 4 aromatic rings. The number of aromatic nitrogens is 2. The van der Waals surface area contributed by atoms with E-state index >= 15 is 0 Å². The Bertz CT molecular complexity index is 1460. The number of rotatable bonds is 5. The lowest BCUT2D eigenvalue weighted by atomic mass is 10.1. The molecule has 0 aliphatic heterocycles. The molecular formula is C21H16ClF3N3O5S+. The van der Waals surface area contributed by atoms with Crippen LogP contribution in [0.25, 0.3) is 34.2 Å². The van der Waals surface area contributed by atoms with Gasteiger partial charge in [-0.05, 0) is 30.3 Å². The highest BCUT2D eigenvalue weighted by Crippen LogP contribution is 2.43. The minimum absolute atomic E-state index is 0.0349. The molecule has 0 unspecified atom stereocenters. The first-order valence-corrected chi connectivity index (χ1v) is 11.3. The highest BCUT2D eigenvalue weighted by Gasteiger charge is 2.41.